The Morgan fingerprint density at radius 2 is 2.35 bits per heavy atom. The summed E-state index contributed by atoms with van der Waals surface area (Å²) in [7, 11) is 0. The van der Waals surface area contributed by atoms with Crippen molar-refractivity contribution >= 4 is 23.2 Å². The second-order valence-corrected chi connectivity index (χ2v) is 6.35. The van der Waals surface area contributed by atoms with Crippen LogP contribution in [0, 0.1) is 6.92 Å². The van der Waals surface area contributed by atoms with Crippen LogP contribution in [0.3, 0.4) is 0 Å². The van der Waals surface area contributed by atoms with Gasteiger partial charge in [-0.1, -0.05) is 0 Å². The molecule has 1 aliphatic rings. The molecule has 2 aromatic heterocycles. The number of thiazole rings is 1. The van der Waals surface area contributed by atoms with E-state index in [9.17, 15) is 9.59 Å². The fraction of sp³-hybridized carbons (Fsp3) is 0.438. The van der Waals surface area contributed by atoms with E-state index in [0.29, 0.717) is 24.4 Å². The molecule has 3 rings (SSSR count). The molecule has 0 spiro atoms. The van der Waals surface area contributed by atoms with Gasteiger partial charge in [-0.25, -0.2) is 9.78 Å². The van der Waals surface area contributed by atoms with Gasteiger partial charge < -0.3 is 14.6 Å². The third-order valence-corrected chi connectivity index (χ3v) is 4.94. The molecule has 0 saturated carbocycles. The fourth-order valence-corrected chi connectivity index (χ4v) is 3.78. The van der Waals surface area contributed by atoms with Gasteiger partial charge in [-0.15, -0.1) is 11.3 Å². The standard InChI is InChI=1S/C16H19N3O3S/c1-3-22-16(21)12-9-23-14(18-12)13-5-4-8-19(13)15(20)11-6-7-17-10(11)2/h6-7,9,13,17H,3-5,8H2,1-2H3/t13-/m0/s1. The van der Waals surface area contributed by atoms with Crippen molar-refractivity contribution in [3.63, 3.8) is 0 Å². The summed E-state index contributed by atoms with van der Waals surface area (Å²) in [4.78, 5) is 33.8. The van der Waals surface area contributed by atoms with Crippen molar-refractivity contribution in [2.24, 2.45) is 0 Å². The van der Waals surface area contributed by atoms with Gasteiger partial charge in [0.05, 0.1) is 18.2 Å². The summed E-state index contributed by atoms with van der Waals surface area (Å²) in [6.45, 7) is 4.69. The number of carbonyl (C=O) groups excluding carboxylic acids is 2. The van der Waals surface area contributed by atoms with Crippen molar-refractivity contribution in [1.82, 2.24) is 14.9 Å². The molecule has 1 atom stereocenters. The van der Waals surface area contributed by atoms with Gasteiger partial charge in [0.2, 0.25) is 0 Å². The Hall–Kier alpha value is -2.15. The Morgan fingerprint density at radius 3 is 3.04 bits per heavy atom. The lowest BCUT2D eigenvalue weighted by atomic mass is 10.2. The Balaban J connectivity index is 1.81. The third-order valence-electron chi connectivity index (χ3n) is 3.99. The largest absolute Gasteiger partial charge is 0.461 e. The van der Waals surface area contributed by atoms with E-state index in [2.05, 4.69) is 9.97 Å². The second kappa shape index (κ2) is 6.54. The van der Waals surface area contributed by atoms with Crippen LogP contribution in [0.2, 0.25) is 0 Å². The Morgan fingerprint density at radius 1 is 1.52 bits per heavy atom. The number of carbonyl (C=O) groups is 2. The van der Waals surface area contributed by atoms with Crippen LogP contribution in [0.5, 0.6) is 0 Å². The molecule has 1 amide bonds. The number of aryl methyl sites for hydroxylation is 1. The summed E-state index contributed by atoms with van der Waals surface area (Å²) < 4.78 is 4.97. The predicted molar refractivity (Wildman–Crippen MR) is 86.6 cm³/mol. The predicted octanol–water partition coefficient (Wildman–Crippen LogP) is 2.93. The SMILES string of the molecule is CCOC(=O)c1csc([C@@H]2CCCN2C(=O)c2cc[nH]c2C)n1. The maximum absolute atomic E-state index is 12.7. The summed E-state index contributed by atoms with van der Waals surface area (Å²) in [5, 5.41) is 2.50. The number of H-pyrrole nitrogens is 1. The number of nitrogens with one attached hydrogen (secondary N) is 1. The minimum atomic E-state index is -0.410. The molecular formula is C16H19N3O3S. The van der Waals surface area contributed by atoms with Crippen molar-refractivity contribution in [3.05, 3.63) is 39.6 Å². The molecule has 0 aromatic carbocycles. The lowest BCUT2D eigenvalue weighted by Gasteiger charge is -2.23. The highest BCUT2D eigenvalue weighted by Gasteiger charge is 2.33. The van der Waals surface area contributed by atoms with E-state index in [1.54, 1.807) is 24.6 Å². The number of likely N-dealkylation sites (tertiary alicyclic amines) is 1. The number of hydrogen-bond donors (Lipinski definition) is 1. The Bertz CT molecular complexity index is 722. The normalized spacial score (nSPS) is 17.5. The first-order chi connectivity index (χ1) is 11.1. The molecule has 1 saturated heterocycles. The number of aromatic amines is 1. The monoisotopic (exact) mass is 333 g/mol. The van der Waals surface area contributed by atoms with Crippen molar-refractivity contribution < 1.29 is 14.3 Å². The maximum atomic E-state index is 12.7. The molecule has 0 unspecified atom stereocenters. The lowest BCUT2D eigenvalue weighted by molar-refractivity contribution is 0.0520. The molecule has 3 heterocycles. The van der Waals surface area contributed by atoms with Gasteiger partial charge >= 0.3 is 5.97 Å². The minimum Gasteiger partial charge on any atom is -0.461 e. The van der Waals surface area contributed by atoms with Gasteiger partial charge in [-0.05, 0) is 32.8 Å². The number of aromatic nitrogens is 2. The second-order valence-electron chi connectivity index (χ2n) is 5.46. The number of amides is 1. The van der Waals surface area contributed by atoms with Gasteiger partial charge in [0, 0.05) is 23.8 Å². The van der Waals surface area contributed by atoms with Crippen LogP contribution in [0.1, 0.15) is 57.4 Å². The first-order valence-electron chi connectivity index (χ1n) is 7.69. The van der Waals surface area contributed by atoms with Crippen LogP contribution in [0.4, 0.5) is 0 Å². The Kier molecular flexibility index (Phi) is 4.47. The first-order valence-corrected chi connectivity index (χ1v) is 8.57. The van der Waals surface area contributed by atoms with Gasteiger partial charge in [-0.2, -0.15) is 0 Å². The zero-order chi connectivity index (χ0) is 16.4. The van der Waals surface area contributed by atoms with E-state index < -0.39 is 5.97 Å². The number of esters is 1. The van der Waals surface area contributed by atoms with E-state index in [-0.39, 0.29) is 11.9 Å². The average molecular weight is 333 g/mol. The average Bonchev–Trinajstić information content (AvgIpc) is 3.26. The first kappa shape index (κ1) is 15.7. The van der Waals surface area contributed by atoms with Crippen LogP contribution in [0.15, 0.2) is 17.6 Å². The minimum absolute atomic E-state index is 0.0131. The van der Waals surface area contributed by atoms with Crippen LogP contribution in [-0.4, -0.2) is 39.9 Å². The summed E-state index contributed by atoms with van der Waals surface area (Å²) in [5.74, 6) is -0.397. The summed E-state index contributed by atoms with van der Waals surface area (Å²) in [6, 6.07) is 1.74. The molecule has 7 heteroatoms. The van der Waals surface area contributed by atoms with Crippen LogP contribution >= 0.6 is 11.3 Å². The zero-order valence-corrected chi connectivity index (χ0v) is 14.0. The number of ether oxygens (including phenoxy) is 1. The molecule has 0 aliphatic carbocycles. The number of nitrogens with zero attached hydrogens (tertiary/aromatic N) is 2. The van der Waals surface area contributed by atoms with E-state index >= 15 is 0 Å². The van der Waals surface area contributed by atoms with Crippen molar-refractivity contribution in [1.29, 1.82) is 0 Å². The summed E-state index contributed by atoms with van der Waals surface area (Å²) >= 11 is 1.41. The highest BCUT2D eigenvalue weighted by atomic mass is 32.1. The molecule has 122 valence electrons. The lowest BCUT2D eigenvalue weighted by Crippen LogP contribution is -2.30. The maximum Gasteiger partial charge on any atom is 0.357 e. The molecule has 0 radical (unpaired) electrons. The fourth-order valence-electron chi connectivity index (χ4n) is 2.85. The molecular weight excluding hydrogens is 314 g/mol. The number of hydrogen-bond acceptors (Lipinski definition) is 5. The molecule has 23 heavy (non-hydrogen) atoms. The van der Waals surface area contributed by atoms with Gasteiger partial charge in [-0.3, -0.25) is 4.79 Å². The highest BCUT2D eigenvalue weighted by Crippen LogP contribution is 2.35. The zero-order valence-electron chi connectivity index (χ0n) is 13.2. The van der Waals surface area contributed by atoms with Gasteiger partial charge in [0.15, 0.2) is 5.69 Å². The van der Waals surface area contributed by atoms with E-state index in [1.807, 2.05) is 11.8 Å². The third kappa shape index (κ3) is 3.01. The van der Waals surface area contributed by atoms with Crippen LogP contribution in [0.25, 0.3) is 0 Å². The van der Waals surface area contributed by atoms with E-state index in [1.165, 1.54) is 11.3 Å². The summed E-state index contributed by atoms with van der Waals surface area (Å²) in [6.07, 6.45) is 3.58. The van der Waals surface area contributed by atoms with Crippen molar-refractivity contribution in [2.45, 2.75) is 32.7 Å². The molecule has 2 aromatic rings. The molecule has 0 bridgehead atoms. The van der Waals surface area contributed by atoms with Gasteiger partial charge in [0.25, 0.3) is 5.91 Å². The van der Waals surface area contributed by atoms with E-state index in [4.69, 9.17) is 4.74 Å². The summed E-state index contributed by atoms with van der Waals surface area (Å²) in [5.41, 5.74) is 1.88. The highest BCUT2D eigenvalue weighted by molar-refractivity contribution is 7.09. The molecule has 1 aliphatic heterocycles. The van der Waals surface area contributed by atoms with Crippen molar-refractivity contribution in [2.75, 3.05) is 13.2 Å². The van der Waals surface area contributed by atoms with Crippen molar-refractivity contribution in [3.8, 4) is 0 Å². The quantitative estimate of drug-likeness (QED) is 0.873. The Labute approximate surface area is 138 Å². The van der Waals surface area contributed by atoms with Crippen LogP contribution in [-0.2, 0) is 4.74 Å². The molecule has 6 nitrogen and oxygen atoms in total. The molecule has 1 N–H and O–H groups in total. The van der Waals surface area contributed by atoms with Crippen LogP contribution < -0.4 is 0 Å². The van der Waals surface area contributed by atoms with Gasteiger partial charge in [0.1, 0.15) is 5.01 Å². The smallest absolute Gasteiger partial charge is 0.357 e. The topological polar surface area (TPSA) is 75.3 Å². The number of rotatable bonds is 4. The molecule has 1 fully saturated rings. The van der Waals surface area contributed by atoms with E-state index in [0.717, 1.165) is 23.5 Å².